The number of hydrogen-bond acceptors (Lipinski definition) is 2. The van der Waals surface area contributed by atoms with E-state index in [0.717, 1.165) is 31.2 Å². The van der Waals surface area contributed by atoms with E-state index in [-0.39, 0.29) is 0 Å². The Morgan fingerprint density at radius 1 is 1.39 bits per heavy atom. The van der Waals surface area contributed by atoms with Gasteiger partial charge in [-0.15, -0.1) is 0 Å². The molecule has 1 unspecified atom stereocenters. The Morgan fingerprint density at radius 2 is 2.22 bits per heavy atom. The molecule has 1 heterocycles. The summed E-state index contributed by atoms with van der Waals surface area (Å²) in [5.41, 5.74) is 1.17. The van der Waals surface area contributed by atoms with Gasteiger partial charge in [-0.25, -0.2) is 0 Å². The summed E-state index contributed by atoms with van der Waals surface area (Å²) in [6.45, 7) is 6.46. The quantitative estimate of drug-likeness (QED) is 0.890. The maximum atomic E-state index is 6.25. The van der Waals surface area contributed by atoms with Crippen molar-refractivity contribution in [1.29, 1.82) is 0 Å². The first kappa shape index (κ1) is 14.1. The van der Waals surface area contributed by atoms with Crippen molar-refractivity contribution < 1.29 is 0 Å². The van der Waals surface area contributed by atoms with Gasteiger partial charge in [0.05, 0.1) is 0 Å². The van der Waals surface area contributed by atoms with Gasteiger partial charge >= 0.3 is 0 Å². The monoisotopic (exact) mass is 286 g/mol. The number of halogens is 2. The van der Waals surface area contributed by atoms with Crippen molar-refractivity contribution >= 4 is 23.2 Å². The molecule has 1 atom stereocenters. The first-order chi connectivity index (χ1) is 8.70. The first-order valence-corrected chi connectivity index (χ1v) is 7.35. The van der Waals surface area contributed by atoms with E-state index >= 15 is 0 Å². The van der Waals surface area contributed by atoms with E-state index in [9.17, 15) is 0 Å². The van der Waals surface area contributed by atoms with Gasteiger partial charge in [-0.2, -0.15) is 0 Å². The van der Waals surface area contributed by atoms with Crippen molar-refractivity contribution in [3.8, 4) is 0 Å². The SMILES string of the molecule is CCCN(Cc1ccc(Cl)cc1Cl)C1CCNC1. The molecule has 0 radical (unpaired) electrons. The highest BCUT2D eigenvalue weighted by atomic mass is 35.5. The zero-order valence-corrected chi connectivity index (χ0v) is 12.3. The molecule has 0 saturated carbocycles. The highest BCUT2D eigenvalue weighted by Crippen LogP contribution is 2.23. The summed E-state index contributed by atoms with van der Waals surface area (Å²) in [4.78, 5) is 2.52. The number of hydrogen-bond donors (Lipinski definition) is 1. The molecule has 0 bridgehead atoms. The van der Waals surface area contributed by atoms with Crippen LogP contribution < -0.4 is 5.32 Å². The van der Waals surface area contributed by atoms with Crippen LogP contribution >= 0.6 is 23.2 Å². The number of nitrogens with zero attached hydrogens (tertiary/aromatic N) is 1. The van der Waals surface area contributed by atoms with Gasteiger partial charge in [-0.05, 0) is 43.6 Å². The molecule has 4 heteroatoms. The molecule has 1 aromatic carbocycles. The zero-order chi connectivity index (χ0) is 13.0. The van der Waals surface area contributed by atoms with E-state index in [1.807, 2.05) is 18.2 Å². The van der Waals surface area contributed by atoms with Crippen LogP contribution in [0.5, 0.6) is 0 Å². The van der Waals surface area contributed by atoms with Gasteiger partial charge < -0.3 is 5.32 Å². The number of rotatable bonds is 5. The van der Waals surface area contributed by atoms with Crippen LogP contribution in [0.4, 0.5) is 0 Å². The largest absolute Gasteiger partial charge is 0.315 e. The third-order valence-corrected chi connectivity index (χ3v) is 4.04. The van der Waals surface area contributed by atoms with Crippen molar-refractivity contribution in [1.82, 2.24) is 10.2 Å². The van der Waals surface area contributed by atoms with Crippen LogP contribution in [-0.2, 0) is 6.54 Å². The maximum absolute atomic E-state index is 6.25. The molecule has 1 aliphatic heterocycles. The Morgan fingerprint density at radius 3 is 2.83 bits per heavy atom. The molecule has 0 amide bonds. The van der Waals surface area contributed by atoms with E-state index in [2.05, 4.69) is 17.1 Å². The smallest absolute Gasteiger partial charge is 0.0465 e. The summed E-state index contributed by atoms with van der Waals surface area (Å²) in [5.74, 6) is 0. The van der Waals surface area contributed by atoms with Crippen LogP contribution in [0.2, 0.25) is 10.0 Å². The molecule has 0 spiro atoms. The molecule has 18 heavy (non-hydrogen) atoms. The summed E-state index contributed by atoms with van der Waals surface area (Å²) >= 11 is 12.2. The van der Waals surface area contributed by atoms with Crippen molar-refractivity contribution in [3.63, 3.8) is 0 Å². The molecule has 1 N–H and O–H groups in total. The Kier molecular flexibility index (Phi) is 5.31. The lowest BCUT2D eigenvalue weighted by Gasteiger charge is -2.28. The topological polar surface area (TPSA) is 15.3 Å². The second-order valence-corrected chi connectivity index (χ2v) is 5.70. The molecule has 2 nitrogen and oxygen atoms in total. The average Bonchev–Trinajstić information content (AvgIpc) is 2.85. The van der Waals surface area contributed by atoms with Gasteiger partial charge in [-0.1, -0.05) is 36.2 Å². The molecule has 2 rings (SSSR count). The molecule has 1 saturated heterocycles. The lowest BCUT2D eigenvalue weighted by atomic mass is 10.1. The third kappa shape index (κ3) is 3.61. The number of nitrogens with one attached hydrogen (secondary N) is 1. The van der Waals surface area contributed by atoms with E-state index in [1.54, 1.807) is 0 Å². The second kappa shape index (κ2) is 6.76. The van der Waals surface area contributed by atoms with Crippen molar-refractivity contribution in [2.75, 3.05) is 19.6 Å². The van der Waals surface area contributed by atoms with Crippen molar-refractivity contribution in [2.24, 2.45) is 0 Å². The Bertz CT molecular complexity index is 389. The minimum Gasteiger partial charge on any atom is -0.315 e. The highest BCUT2D eigenvalue weighted by Gasteiger charge is 2.22. The summed E-state index contributed by atoms with van der Waals surface area (Å²) < 4.78 is 0. The predicted octanol–water partition coefficient (Wildman–Crippen LogP) is 3.57. The van der Waals surface area contributed by atoms with Crippen molar-refractivity contribution in [2.45, 2.75) is 32.4 Å². The molecule has 1 aromatic rings. The van der Waals surface area contributed by atoms with E-state index in [1.165, 1.54) is 18.4 Å². The fraction of sp³-hybridized carbons (Fsp3) is 0.571. The van der Waals surface area contributed by atoms with Gasteiger partial charge in [0.25, 0.3) is 0 Å². The molecule has 0 aliphatic carbocycles. The number of benzene rings is 1. The Balaban J connectivity index is 2.07. The summed E-state index contributed by atoms with van der Waals surface area (Å²) in [6.07, 6.45) is 2.40. The van der Waals surface area contributed by atoms with Gasteiger partial charge in [0.2, 0.25) is 0 Å². The highest BCUT2D eigenvalue weighted by molar-refractivity contribution is 6.35. The molecule has 0 aromatic heterocycles. The standard InChI is InChI=1S/C14H20Cl2N2/c1-2-7-18(13-5-6-17-9-13)10-11-3-4-12(15)8-14(11)16/h3-4,8,13,17H,2,5-7,9-10H2,1H3. The molecule has 100 valence electrons. The summed E-state index contributed by atoms with van der Waals surface area (Å²) in [6, 6.07) is 6.42. The fourth-order valence-electron chi connectivity index (χ4n) is 2.50. The lowest BCUT2D eigenvalue weighted by molar-refractivity contribution is 0.199. The Hall–Kier alpha value is -0.280. The van der Waals surface area contributed by atoms with Gasteiger partial charge in [-0.3, -0.25) is 4.90 Å². The Labute approximate surface area is 119 Å². The van der Waals surface area contributed by atoms with Crippen LogP contribution in [-0.4, -0.2) is 30.6 Å². The summed E-state index contributed by atoms with van der Waals surface area (Å²) in [5, 5.41) is 4.90. The predicted molar refractivity (Wildman–Crippen MR) is 78.4 cm³/mol. The first-order valence-electron chi connectivity index (χ1n) is 6.59. The minimum absolute atomic E-state index is 0.636. The van der Waals surface area contributed by atoms with Crippen LogP contribution in [0, 0.1) is 0 Å². The average molecular weight is 287 g/mol. The molecular formula is C14H20Cl2N2. The van der Waals surface area contributed by atoms with E-state index in [0.29, 0.717) is 11.1 Å². The van der Waals surface area contributed by atoms with E-state index in [4.69, 9.17) is 23.2 Å². The second-order valence-electron chi connectivity index (χ2n) is 4.85. The molecular weight excluding hydrogens is 267 g/mol. The minimum atomic E-state index is 0.636. The maximum Gasteiger partial charge on any atom is 0.0465 e. The van der Waals surface area contributed by atoms with Crippen LogP contribution in [0.25, 0.3) is 0 Å². The normalized spacial score (nSPS) is 19.7. The fourth-order valence-corrected chi connectivity index (χ4v) is 2.97. The van der Waals surface area contributed by atoms with Crippen LogP contribution in [0.3, 0.4) is 0 Å². The summed E-state index contributed by atoms with van der Waals surface area (Å²) in [7, 11) is 0. The van der Waals surface area contributed by atoms with Gasteiger partial charge in [0.15, 0.2) is 0 Å². The van der Waals surface area contributed by atoms with Crippen LogP contribution in [0.1, 0.15) is 25.3 Å². The third-order valence-electron chi connectivity index (χ3n) is 3.45. The van der Waals surface area contributed by atoms with E-state index < -0.39 is 0 Å². The van der Waals surface area contributed by atoms with Crippen molar-refractivity contribution in [3.05, 3.63) is 33.8 Å². The van der Waals surface area contributed by atoms with Gasteiger partial charge in [0, 0.05) is 29.2 Å². The van der Waals surface area contributed by atoms with Gasteiger partial charge in [0.1, 0.15) is 0 Å². The molecule has 1 aliphatic rings. The zero-order valence-electron chi connectivity index (χ0n) is 10.8. The molecule has 1 fully saturated rings. The lowest BCUT2D eigenvalue weighted by Crippen LogP contribution is -2.36. The van der Waals surface area contributed by atoms with Crippen LogP contribution in [0.15, 0.2) is 18.2 Å².